The van der Waals surface area contributed by atoms with Gasteiger partial charge in [-0.25, -0.2) is 10.8 Å². The van der Waals surface area contributed by atoms with E-state index in [-0.39, 0.29) is 6.10 Å². The van der Waals surface area contributed by atoms with Crippen LogP contribution in [0.4, 0.5) is 5.82 Å². The lowest BCUT2D eigenvalue weighted by Gasteiger charge is -2.12. The number of aromatic nitrogens is 2. The van der Waals surface area contributed by atoms with Crippen molar-refractivity contribution in [1.82, 2.24) is 9.97 Å². The number of nitrogens with zero attached hydrogens (tertiary/aromatic N) is 2. The molecule has 3 N–H and O–H groups in total. The van der Waals surface area contributed by atoms with Crippen LogP contribution in [0.15, 0.2) is 0 Å². The van der Waals surface area contributed by atoms with Gasteiger partial charge in [-0.15, -0.1) is 0 Å². The second-order valence-corrected chi connectivity index (χ2v) is 3.96. The van der Waals surface area contributed by atoms with E-state index in [9.17, 15) is 0 Å². The molecule has 6 nitrogen and oxygen atoms in total. The van der Waals surface area contributed by atoms with Crippen molar-refractivity contribution in [2.45, 2.75) is 33.8 Å². The van der Waals surface area contributed by atoms with E-state index in [4.69, 9.17) is 15.3 Å². The minimum absolute atomic E-state index is 0.202. The molecule has 0 radical (unpaired) electrons. The monoisotopic (exact) mass is 240 g/mol. The summed E-state index contributed by atoms with van der Waals surface area (Å²) in [5.74, 6) is 7.10. The molecule has 0 atom stereocenters. The zero-order chi connectivity index (χ0) is 12.8. The molecule has 17 heavy (non-hydrogen) atoms. The molecule has 96 valence electrons. The Morgan fingerprint density at radius 1 is 1.24 bits per heavy atom. The van der Waals surface area contributed by atoms with Crippen molar-refractivity contribution in [2.24, 2.45) is 5.84 Å². The quantitative estimate of drug-likeness (QED) is 0.441. The van der Waals surface area contributed by atoms with Crippen LogP contribution in [-0.2, 0) is 4.74 Å². The lowest BCUT2D eigenvalue weighted by atomic mass is 10.3. The summed E-state index contributed by atoms with van der Waals surface area (Å²) in [6, 6.07) is 0. The molecular formula is C11H20N4O2. The molecule has 0 aliphatic carbocycles. The number of anilines is 1. The van der Waals surface area contributed by atoms with Crippen LogP contribution >= 0.6 is 0 Å². The molecule has 0 bridgehead atoms. The molecule has 1 rings (SSSR count). The Hall–Kier alpha value is -1.40. The molecule has 0 fully saturated rings. The summed E-state index contributed by atoms with van der Waals surface area (Å²) in [6.07, 6.45) is 0.202. The van der Waals surface area contributed by atoms with Crippen molar-refractivity contribution in [3.63, 3.8) is 0 Å². The average Bonchev–Trinajstić information content (AvgIpc) is 2.28. The first-order chi connectivity index (χ1) is 8.04. The molecule has 0 saturated carbocycles. The number of rotatable bonds is 6. The molecule has 1 aromatic heterocycles. The van der Waals surface area contributed by atoms with Crippen molar-refractivity contribution < 1.29 is 9.47 Å². The Bertz CT molecular complexity index is 369. The maximum atomic E-state index is 5.54. The second-order valence-electron chi connectivity index (χ2n) is 3.96. The Kier molecular flexibility index (Phi) is 5.11. The van der Waals surface area contributed by atoms with E-state index < -0.39 is 0 Å². The van der Waals surface area contributed by atoms with Gasteiger partial charge in [-0.2, -0.15) is 4.98 Å². The maximum absolute atomic E-state index is 5.54. The number of nitrogen functional groups attached to an aromatic ring is 1. The number of nitrogens with one attached hydrogen (secondary N) is 1. The predicted molar refractivity (Wildman–Crippen MR) is 65.9 cm³/mol. The highest BCUT2D eigenvalue weighted by Crippen LogP contribution is 2.20. The third-order valence-corrected chi connectivity index (χ3v) is 2.12. The van der Waals surface area contributed by atoms with E-state index in [1.165, 1.54) is 0 Å². The Labute approximate surface area is 102 Å². The molecule has 1 aromatic rings. The molecule has 6 heteroatoms. The fraction of sp³-hybridized carbons (Fsp3) is 0.636. The summed E-state index contributed by atoms with van der Waals surface area (Å²) in [6.45, 7) is 8.60. The van der Waals surface area contributed by atoms with Crippen molar-refractivity contribution in [1.29, 1.82) is 0 Å². The van der Waals surface area contributed by atoms with Gasteiger partial charge in [0.15, 0.2) is 0 Å². The standard InChI is InChI=1S/C11H20N4O2/c1-7(2)16-5-6-17-11-8(3)10(15-12)13-9(4)14-11/h7H,5-6,12H2,1-4H3,(H,13,14,15). The van der Waals surface area contributed by atoms with E-state index in [0.29, 0.717) is 30.7 Å². The lowest BCUT2D eigenvalue weighted by Crippen LogP contribution is -2.15. The van der Waals surface area contributed by atoms with Gasteiger partial charge < -0.3 is 14.9 Å². The first-order valence-electron chi connectivity index (χ1n) is 5.60. The molecular weight excluding hydrogens is 220 g/mol. The fourth-order valence-electron chi connectivity index (χ4n) is 1.31. The summed E-state index contributed by atoms with van der Waals surface area (Å²) in [7, 11) is 0. The van der Waals surface area contributed by atoms with Gasteiger partial charge in [0.1, 0.15) is 18.2 Å². The van der Waals surface area contributed by atoms with Crippen LogP contribution in [0.1, 0.15) is 25.2 Å². The molecule has 1 heterocycles. The van der Waals surface area contributed by atoms with Gasteiger partial charge in [-0.1, -0.05) is 0 Å². The summed E-state index contributed by atoms with van der Waals surface area (Å²) in [5, 5.41) is 0. The zero-order valence-corrected chi connectivity index (χ0v) is 10.8. The number of ether oxygens (including phenoxy) is 2. The Balaban J connectivity index is 2.61. The van der Waals surface area contributed by atoms with Gasteiger partial charge in [0.25, 0.3) is 0 Å². The normalized spacial score (nSPS) is 10.7. The number of aryl methyl sites for hydroxylation is 1. The highest BCUT2D eigenvalue weighted by molar-refractivity contribution is 5.47. The highest BCUT2D eigenvalue weighted by atomic mass is 16.5. The topological polar surface area (TPSA) is 82.3 Å². The third kappa shape index (κ3) is 4.16. The maximum Gasteiger partial charge on any atom is 0.221 e. The Morgan fingerprint density at radius 2 is 1.94 bits per heavy atom. The summed E-state index contributed by atoms with van der Waals surface area (Å²) in [5.41, 5.74) is 3.32. The van der Waals surface area contributed by atoms with Gasteiger partial charge in [-0.3, -0.25) is 0 Å². The van der Waals surface area contributed by atoms with Crippen molar-refractivity contribution >= 4 is 5.82 Å². The van der Waals surface area contributed by atoms with E-state index in [2.05, 4.69) is 15.4 Å². The second kappa shape index (κ2) is 6.36. The van der Waals surface area contributed by atoms with Crippen molar-refractivity contribution in [3.05, 3.63) is 11.4 Å². The largest absolute Gasteiger partial charge is 0.475 e. The highest BCUT2D eigenvalue weighted by Gasteiger charge is 2.09. The summed E-state index contributed by atoms with van der Waals surface area (Å²) >= 11 is 0. The van der Waals surface area contributed by atoms with E-state index in [0.717, 1.165) is 5.56 Å². The SMILES string of the molecule is Cc1nc(NN)c(C)c(OCCOC(C)C)n1. The van der Waals surface area contributed by atoms with Gasteiger partial charge in [0.2, 0.25) is 5.88 Å². The third-order valence-electron chi connectivity index (χ3n) is 2.12. The van der Waals surface area contributed by atoms with Crippen LogP contribution in [0.3, 0.4) is 0 Å². The molecule has 0 unspecified atom stereocenters. The molecule has 0 aromatic carbocycles. The molecule has 0 amide bonds. The fourth-order valence-corrected chi connectivity index (χ4v) is 1.31. The predicted octanol–water partition coefficient (Wildman–Crippen LogP) is 1.18. The van der Waals surface area contributed by atoms with Crippen LogP contribution in [0.5, 0.6) is 5.88 Å². The van der Waals surface area contributed by atoms with Crippen LogP contribution in [0.25, 0.3) is 0 Å². The minimum atomic E-state index is 0.202. The number of hydrogen-bond acceptors (Lipinski definition) is 6. The van der Waals surface area contributed by atoms with Gasteiger partial charge in [-0.05, 0) is 27.7 Å². The number of hydrazine groups is 1. The smallest absolute Gasteiger partial charge is 0.221 e. The lowest BCUT2D eigenvalue weighted by molar-refractivity contribution is 0.0540. The van der Waals surface area contributed by atoms with E-state index in [1.54, 1.807) is 6.92 Å². The first kappa shape index (κ1) is 13.7. The molecule has 0 saturated heterocycles. The van der Waals surface area contributed by atoms with Crippen LogP contribution in [0, 0.1) is 13.8 Å². The Morgan fingerprint density at radius 3 is 2.53 bits per heavy atom. The van der Waals surface area contributed by atoms with E-state index >= 15 is 0 Å². The number of hydrogen-bond donors (Lipinski definition) is 2. The molecule has 0 aliphatic heterocycles. The van der Waals surface area contributed by atoms with Gasteiger partial charge in [0, 0.05) is 0 Å². The van der Waals surface area contributed by atoms with Crippen LogP contribution in [-0.4, -0.2) is 29.3 Å². The zero-order valence-electron chi connectivity index (χ0n) is 10.8. The van der Waals surface area contributed by atoms with Gasteiger partial charge >= 0.3 is 0 Å². The molecule has 0 spiro atoms. The van der Waals surface area contributed by atoms with Gasteiger partial charge in [0.05, 0.1) is 18.3 Å². The average molecular weight is 240 g/mol. The number of nitrogens with two attached hydrogens (primary N) is 1. The molecule has 0 aliphatic rings. The van der Waals surface area contributed by atoms with Crippen LogP contribution < -0.4 is 16.0 Å². The van der Waals surface area contributed by atoms with E-state index in [1.807, 2.05) is 20.8 Å². The first-order valence-corrected chi connectivity index (χ1v) is 5.60. The summed E-state index contributed by atoms with van der Waals surface area (Å²) < 4.78 is 10.9. The van der Waals surface area contributed by atoms with Crippen molar-refractivity contribution in [2.75, 3.05) is 18.6 Å². The van der Waals surface area contributed by atoms with Crippen LogP contribution in [0.2, 0.25) is 0 Å². The van der Waals surface area contributed by atoms with Crippen molar-refractivity contribution in [3.8, 4) is 5.88 Å². The minimum Gasteiger partial charge on any atom is -0.475 e. The summed E-state index contributed by atoms with van der Waals surface area (Å²) in [4.78, 5) is 8.36.